The number of nitrogens with zero attached hydrogens (tertiary/aromatic N) is 3. The summed E-state index contributed by atoms with van der Waals surface area (Å²) >= 11 is 5.69. The summed E-state index contributed by atoms with van der Waals surface area (Å²) in [6.45, 7) is 1.38. The molecule has 1 amide bonds. The maximum absolute atomic E-state index is 12.0. The van der Waals surface area contributed by atoms with Crippen molar-refractivity contribution < 1.29 is 19.2 Å². The third kappa shape index (κ3) is 4.07. The molecule has 126 valence electrons. The average molecular weight is 353 g/mol. The number of nitro groups is 1. The SMILES string of the molecule is CC(OC(=O)c1cc([N+](=O)[O-])cn1C)C(=O)Nc1ccc(Cl)cn1. The molecule has 2 rings (SSSR count). The minimum Gasteiger partial charge on any atom is -0.448 e. The Kier molecular flexibility index (Phi) is 5.14. The van der Waals surface area contributed by atoms with Gasteiger partial charge in [-0.3, -0.25) is 14.9 Å². The Morgan fingerprint density at radius 3 is 2.71 bits per heavy atom. The van der Waals surface area contributed by atoms with Crippen LogP contribution in [0.4, 0.5) is 11.5 Å². The Labute approximate surface area is 141 Å². The van der Waals surface area contributed by atoms with Crippen LogP contribution in [0, 0.1) is 10.1 Å². The van der Waals surface area contributed by atoms with Crippen molar-refractivity contribution in [3.63, 3.8) is 0 Å². The van der Waals surface area contributed by atoms with E-state index in [2.05, 4.69) is 10.3 Å². The number of hydrogen-bond acceptors (Lipinski definition) is 6. The fourth-order valence-electron chi connectivity index (χ4n) is 1.80. The van der Waals surface area contributed by atoms with Gasteiger partial charge in [0.2, 0.25) is 0 Å². The van der Waals surface area contributed by atoms with Gasteiger partial charge >= 0.3 is 5.97 Å². The number of pyridine rings is 1. The number of carbonyl (C=O) groups excluding carboxylic acids is 2. The predicted octanol–water partition coefficient (Wildman–Crippen LogP) is 2.17. The molecule has 2 heterocycles. The Hall–Kier alpha value is -2.94. The van der Waals surface area contributed by atoms with E-state index in [1.807, 2.05) is 0 Å². The number of rotatable bonds is 5. The van der Waals surface area contributed by atoms with Gasteiger partial charge in [-0.25, -0.2) is 9.78 Å². The van der Waals surface area contributed by atoms with Crippen LogP contribution in [0.2, 0.25) is 5.02 Å². The molecule has 10 heteroatoms. The van der Waals surface area contributed by atoms with E-state index in [1.54, 1.807) is 6.07 Å². The maximum Gasteiger partial charge on any atom is 0.355 e. The van der Waals surface area contributed by atoms with Crippen molar-refractivity contribution in [3.8, 4) is 0 Å². The molecule has 0 saturated carbocycles. The van der Waals surface area contributed by atoms with Crippen molar-refractivity contribution in [1.29, 1.82) is 0 Å². The fourth-order valence-corrected chi connectivity index (χ4v) is 1.91. The van der Waals surface area contributed by atoms with E-state index in [-0.39, 0.29) is 17.2 Å². The number of nitrogens with one attached hydrogen (secondary N) is 1. The summed E-state index contributed by atoms with van der Waals surface area (Å²) < 4.78 is 6.28. The van der Waals surface area contributed by atoms with Crippen molar-refractivity contribution in [2.24, 2.45) is 7.05 Å². The fraction of sp³-hybridized carbons (Fsp3) is 0.214. The molecule has 2 aromatic rings. The van der Waals surface area contributed by atoms with Gasteiger partial charge in [0.05, 0.1) is 16.1 Å². The van der Waals surface area contributed by atoms with Gasteiger partial charge in [-0.05, 0) is 19.1 Å². The summed E-state index contributed by atoms with van der Waals surface area (Å²) in [6.07, 6.45) is 1.42. The van der Waals surface area contributed by atoms with Crippen LogP contribution in [0.3, 0.4) is 0 Å². The van der Waals surface area contributed by atoms with Crippen molar-refractivity contribution in [2.75, 3.05) is 5.32 Å². The number of amides is 1. The Morgan fingerprint density at radius 2 is 2.17 bits per heavy atom. The lowest BCUT2D eigenvalue weighted by Gasteiger charge is -2.13. The van der Waals surface area contributed by atoms with Crippen LogP contribution < -0.4 is 5.32 Å². The number of aromatic nitrogens is 2. The van der Waals surface area contributed by atoms with Crippen LogP contribution in [0.25, 0.3) is 0 Å². The number of anilines is 1. The molecule has 0 aliphatic rings. The Balaban J connectivity index is 2.01. The first-order chi connectivity index (χ1) is 11.3. The van der Waals surface area contributed by atoms with E-state index in [4.69, 9.17) is 16.3 Å². The van der Waals surface area contributed by atoms with E-state index < -0.39 is 22.9 Å². The molecule has 0 fully saturated rings. The van der Waals surface area contributed by atoms with E-state index in [0.717, 1.165) is 6.07 Å². The molecular formula is C14H13ClN4O5. The second-order valence-electron chi connectivity index (χ2n) is 4.85. The summed E-state index contributed by atoms with van der Waals surface area (Å²) in [4.78, 5) is 38.0. The van der Waals surface area contributed by atoms with E-state index >= 15 is 0 Å². The summed E-state index contributed by atoms with van der Waals surface area (Å²) in [7, 11) is 1.46. The molecule has 0 aliphatic carbocycles. The van der Waals surface area contributed by atoms with Crippen LogP contribution in [0.5, 0.6) is 0 Å². The summed E-state index contributed by atoms with van der Waals surface area (Å²) in [5.41, 5.74) is -0.280. The molecule has 9 nitrogen and oxygen atoms in total. The third-order valence-corrected chi connectivity index (χ3v) is 3.27. The smallest absolute Gasteiger partial charge is 0.355 e. The second kappa shape index (κ2) is 7.09. The van der Waals surface area contributed by atoms with Gasteiger partial charge in [-0.1, -0.05) is 11.6 Å². The second-order valence-corrected chi connectivity index (χ2v) is 5.29. The normalized spacial score (nSPS) is 11.6. The largest absolute Gasteiger partial charge is 0.448 e. The molecule has 1 N–H and O–H groups in total. The van der Waals surface area contributed by atoms with Crippen LogP contribution >= 0.6 is 11.6 Å². The van der Waals surface area contributed by atoms with Gasteiger partial charge in [-0.15, -0.1) is 0 Å². The van der Waals surface area contributed by atoms with Gasteiger partial charge in [-0.2, -0.15) is 0 Å². The summed E-state index contributed by atoms with van der Waals surface area (Å²) in [5.74, 6) is -1.19. The first-order valence-electron chi connectivity index (χ1n) is 6.72. The van der Waals surface area contributed by atoms with E-state index in [0.29, 0.717) is 5.02 Å². The lowest BCUT2D eigenvalue weighted by molar-refractivity contribution is -0.384. The number of aryl methyl sites for hydroxylation is 1. The standard InChI is InChI=1S/C14H13ClN4O5/c1-8(13(20)17-12-4-3-9(15)6-16-12)24-14(21)11-5-10(19(22)23)7-18(11)2/h3-8H,1-2H3,(H,16,17,20). The molecule has 0 aromatic carbocycles. The molecule has 1 atom stereocenters. The average Bonchev–Trinajstić information content (AvgIpc) is 2.91. The first kappa shape index (κ1) is 17.4. The molecule has 0 spiro atoms. The maximum atomic E-state index is 12.0. The van der Waals surface area contributed by atoms with Gasteiger partial charge < -0.3 is 14.6 Å². The highest BCUT2D eigenvalue weighted by molar-refractivity contribution is 6.30. The van der Waals surface area contributed by atoms with Crippen LogP contribution in [-0.2, 0) is 16.6 Å². The van der Waals surface area contributed by atoms with Gasteiger partial charge in [0, 0.05) is 19.3 Å². The zero-order chi connectivity index (χ0) is 17.9. The minimum atomic E-state index is -1.12. The van der Waals surface area contributed by atoms with Crippen molar-refractivity contribution in [1.82, 2.24) is 9.55 Å². The third-order valence-electron chi connectivity index (χ3n) is 3.04. The number of halogens is 1. The monoisotopic (exact) mass is 352 g/mol. The van der Waals surface area contributed by atoms with Crippen LogP contribution in [-0.4, -0.2) is 32.5 Å². The molecule has 24 heavy (non-hydrogen) atoms. The molecular weight excluding hydrogens is 340 g/mol. The van der Waals surface area contributed by atoms with Gasteiger partial charge in [0.1, 0.15) is 11.5 Å². The van der Waals surface area contributed by atoms with Gasteiger partial charge in [0.15, 0.2) is 6.10 Å². The quantitative estimate of drug-likeness (QED) is 0.500. The zero-order valence-corrected chi connectivity index (χ0v) is 13.5. The lowest BCUT2D eigenvalue weighted by Crippen LogP contribution is -2.30. The number of esters is 1. The highest BCUT2D eigenvalue weighted by Gasteiger charge is 2.23. The zero-order valence-electron chi connectivity index (χ0n) is 12.7. The number of carbonyl (C=O) groups is 2. The van der Waals surface area contributed by atoms with E-state index in [9.17, 15) is 19.7 Å². The predicted molar refractivity (Wildman–Crippen MR) is 84.8 cm³/mol. The number of ether oxygens (including phenoxy) is 1. The van der Waals surface area contributed by atoms with Crippen molar-refractivity contribution in [3.05, 3.63) is 51.4 Å². The Bertz CT molecular complexity index is 787. The highest BCUT2D eigenvalue weighted by atomic mass is 35.5. The number of hydrogen-bond donors (Lipinski definition) is 1. The minimum absolute atomic E-state index is 0.0361. The molecule has 0 radical (unpaired) electrons. The molecule has 0 saturated heterocycles. The van der Waals surface area contributed by atoms with Crippen molar-refractivity contribution >= 4 is 35.0 Å². The van der Waals surface area contributed by atoms with Crippen LogP contribution in [0.15, 0.2) is 30.6 Å². The first-order valence-corrected chi connectivity index (χ1v) is 7.10. The Morgan fingerprint density at radius 1 is 1.46 bits per heavy atom. The topological polar surface area (TPSA) is 116 Å². The summed E-state index contributed by atoms with van der Waals surface area (Å²) in [5, 5.41) is 13.6. The highest BCUT2D eigenvalue weighted by Crippen LogP contribution is 2.17. The molecule has 0 bridgehead atoms. The van der Waals surface area contributed by atoms with Crippen LogP contribution in [0.1, 0.15) is 17.4 Å². The van der Waals surface area contributed by atoms with E-state index in [1.165, 1.54) is 37.0 Å². The lowest BCUT2D eigenvalue weighted by atomic mass is 10.3. The van der Waals surface area contributed by atoms with Crippen molar-refractivity contribution in [2.45, 2.75) is 13.0 Å². The molecule has 0 aliphatic heterocycles. The molecule has 2 aromatic heterocycles. The summed E-state index contributed by atoms with van der Waals surface area (Å²) in [6, 6.07) is 4.12. The molecule has 1 unspecified atom stereocenters. The van der Waals surface area contributed by atoms with Gasteiger partial charge in [0.25, 0.3) is 11.6 Å².